The van der Waals surface area contributed by atoms with Crippen LogP contribution in [-0.2, 0) is 20.8 Å². The highest BCUT2D eigenvalue weighted by molar-refractivity contribution is 5.61. The minimum absolute atomic E-state index is 0.0586. The van der Waals surface area contributed by atoms with Gasteiger partial charge in [0.05, 0.1) is 45.3 Å². The predicted octanol–water partition coefficient (Wildman–Crippen LogP) is 3.13. The third-order valence-corrected chi connectivity index (χ3v) is 8.87. The van der Waals surface area contributed by atoms with E-state index in [1.807, 2.05) is 0 Å². The van der Waals surface area contributed by atoms with E-state index >= 15 is 0 Å². The lowest BCUT2D eigenvalue weighted by Gasteiger charge is -2.39. The number of nitrogens with zero attached hydrogens (tertiary/aromatic N) is 2. The van der Waals surface area contributed by atoms with Gasteiger partial charge in [0.15, 0.2) is 0 Å². The van der Waals surface area contributed by atoms with Crippen LogP contribution in [0.15, 0.2) is 42.5 Å². The molecule has 0 saturated carbocycles. The molecule has 3 aliphatic heterocycles. The zero-order valence-electron chi connectivity index (χ0n) is 25.7. The van der Waals surface area contributed by atoms with E-state index < -0.39 is 0 Å². The fourth-order valence-corrected chi connectivity index (χ4v) is 6.49. The molecule has 0 radical (unpaired) electrons. The van der Waals surface area contributed by atoms with E-state index in [2.05, 4.69) is 69.8 Å². The number of anilines is 1. The van der Waals surface area contributed by atoms with Crippen LogP contribution in [0.3, 0.4) is 0 Å². The summed E-state index contributed by atoms with van der Waals surface area (Å²) >= 11 is 0. The summed E-state index contributed by atoms with van der Waals surface area (Å²) in [6, 6.07) is 15.5. The maximum Gasteiger partial charge on any atom is 0.142 e. The molecule has 42 heavy (non-hydrogen) atoms. The molecule has 2 aromatic carbocycles. The van der Waals surface area contributed by atoms with Crippen molar-refractivity contribution in [1.29, 1.82) is 0 Å². The SMILES string of the molecule is COCCCN1CCOc2ccc(CO[C@H]3CNCC(CNCCN4CCOC[C@H]4C)[C@@H]3c3ccc(OC)cc3)cc21. The molecule has 0 aliphatic carbocycles. The van der Waals surface area contributed by atoms with Gasteiger partial charge in [-0.15, -0.1) is 0 Å². The van der Waals surface area contributed by atoms with E-state index in [-0.39, 0.29) is 12.0 Å². The largest absolute Gasteiger partial charge is 0.497 e. The quantitative estimate of drug-likeness (QED) is 0.327. The Labute approximate surface area is 251 Å². The van der Waals surface area contributed by atoms with E-state index in [0.717, 1.165) is 95.8 Å². The Morgan fingerprint density at radius 1 is 1.02 bits per heavy atom. The summed E-state index contributed by atoms with van der Waals surface area (Å²) in [6.07, 6.45) is 1.05. The predicted molar refractivity (Wildman–Crippen MR) is 166 cm³/mol. The summed E-state index contributed by atoms with van der Waals surface area (Å²) in [7, 11) is 3.48. The first-order valence-electron chi connectivity index (χ1n) is 15.6. The molecule has 2 N–H and O–H groups in total. The Balaban J connectivity index is 1.24. The Morgan fingerprint density at radius 3 is 2.71 bits per heavy atom. The van der Waals surface area contributed by atoms with Gasteiger partial charge in [-0.3, -0.25) is 4.90 Å². The molecule has 5 rings (SSSR count). The molecule has 2 aromatic rings. The number of benzene rings is 2. The first-order valence-corrected chi connectivity index (χ1v) is 15.6. The van der Waals surface area contributed by atoms with Crippen LogP contribution in [0.25, 0.3) is 0 Å². The fourth-order valence-electron chi connectivity index (χ4n) is 6.49. The fraction of sp³-hybridized carbons (Fsp3) is 0.636. The van der Waals surface area contributed by atoms with Crippen molar-refractivity contribution in [2.24, 2.45) is 5.92 Å². The number of methoxy groups -OCH3 is 2. The van der Waals surface area contributed by atoms with E-state index in [0.29, 0.717) is 25.2 Å². The Kier molecular flexibility index (Phi) is 11.7. The number of hydrogen-bond donors (Lipinski definition) is 2. The summed E-state index contributed by atoms with van der Waals surface area (Å²) in [4.78, 5) is 4.92. The topological polar surface area (TPSA) is 76.7 Å². The molecule has 3 heterocycles. The van der Waals surface area contributed by atoms with Gasteiger partial charge < -0.3 is 39.2 Å². The Bertz CT molecular complexity index is 1090. The molecule has 2 fully saturated rings. The third kappa shape index (κ3) is 8.15. The molecule has 9 nitrogen and oxygen atoms in total. The second kappa shape index (κ2) is 15.9. The van der Waals surface area contributed by atoms with Gasteiger partial charge in [-0.1, -0.05) is 18.2 Å². The second-order valence-corrected chi connectivity index (χ2v) is 11.7. The first-order chi connectivity index (χ1) is 20.7. The van der Waals surface area contributed by atoms with Gasteiger partial charge in [-0.25, -0.2) is 0 Å². The zero-order valence-corrected chi connectivity index (χ0v) is 25.7. The van der Waals surface area contributed by atoms with Crippen molar-refractivity contribution in [3.8, 4) is 11.5 Å². The Hall–Kier alpha value is -2.40. The normalized spacial score (nSPS) is 24.7. The number of rotatable bonds is 14. The third-order valence-electron chi connectivity index (χ3n) is 8.87. The summed E-state index contributed by atoms with van der Waals surface area (Å²) < 4.78 is 29.0. The maximum absolute atomic E-state index is 6.74. The Morgan fingerprint density at radius 2 is 1.90 bits per heavy atom. The molecule has 9 heteroatoms. The number of piperidine rings is 1. The van der Waals surface area contributed by atoms with Crippen molar-refractivity contribution in [3.63, 3.8) is 0 Å². The monoisotopic (exact) mass is 582 g/mol. The molecule has 0 bridgehead atoms. The van der Waals surface area contributed by atoms with E-state index in [1.165, 1.54) is 11.1 Å². The van der Waals surface area contributed by atoms with E-state index in [9.17, 15) is 0 Å². The summed E-state index contributed by atoms with van der Waals surface area (Å²) in [5.41, 5.74) is 3.63. The van der Waals surface area contributed by atoms with Gasteiger partial charge in [-0.05, 0) is 67.7 Å². The molecule has 0 aromatic heterocycles. The number of nitrogens with one attached hydrogen (secondary N) is 2. The molecule has 232 valence electrons. The molecule has 3 aliphatic rings. The minimum Gasteiger partial charge on any atom is -0.497 e. The lowest BCUT2D eigenvalue weighted by Crippen LogP contribution is -2.51. The van der Waals surface area contributed by atoms with Crippen LogP contribution in [0.1, 0.15) is 30.4 Å². The van der Waals surface area contributed by atoms with Crippen LogP contribution in [0.2, 0.25) is 0 Å². The lowest BCUT2D eigenvalue weighted by molar-refractivity contribution is -0.00743. The summed E-state index contributed by atoms with van der Waals surface area (Å²) in [5, 5.41) is 7.44. The van der Waals surface area contributed by atoms with Crippen molar-refractivity contribution in [3.05, 3.63) is 53.6 Å². The van der Waals surface area contributed by atoms with Crippen LogP contribution in [-0.4, -0.2) is 110 Å². The van der Waals surface area contributed by atoms with Crippen molar-refractivity contribution < 1.29 is 23.7 Å². The lowest BCUT2D eigenvalue weighted by atomic mass is 9.79. The van der Waals surface area contributed by atoms with Crippen molar-refractivity contribution >= 4 is 5.69 Å². The van der Waals surface area contributed by atoms with Crippen molar-refractivity contribution in [2.45, 2.75) is 38.0 Å². The molecule has 4 atom stereocenters. The van der Waals surface area contributed by atoms with Crippen LogP contribution >= 0.6 is 0 Å². The maximum atomic E-state index is 6.74. The second-order valence-electron chi connectivity index (χ2n) is 11.7. The molecular weight excluding hydrogens is 532 g/mol. The summed E-state index contributed by atoms with van der Waals surface area (Å²) in [5.74, 6) is 2.52. The van der Waals surface area contributed by atoms with Gasteiger partial charge >= 0.3 is 0 Å². The average molecular weight is 583 g/mol. The molecule has 1 unspecified atom stereocenters. The first kappa shape index (κ1) is 31.0. The van der Waals surface area contributed by atoms with Crippen LogP contribution in [0.4, 0.5) is 5.69 Å². The van der Waals surface area contributed by atoms with Gasteiger partial charge in [-0.2, -0.15) is 0 Å². The van der Waals surface area contributed by atoms with Crippen LogP contribution in [0, 0.1) is 5.92 Å². The van der Waals surface area contributed by atoms with Crippen molar-refractivity contribution in [1.82, 2.24) is 15.5 Å². The highest BCUT2D eigenvalue weighted by Crippen LogP contribution is 2.36. The number of morpholine rings is 1. The number of hydrogen-bond acceptors (Lipinski definition) is 9. The zero-order chi connectivity index (χ0) is 29.1. The van der Waals surface area contributed by atoms with Gasteiger partial charge in [0.1, 0.15) is 18.1 Å². The van der Waals surface area contributed by atoms with Gasteiger partial charge in [0.2, 0.25) is 0 Å². The van der Waals surface area contributed by atoms with Crippen LogP contribution < -0.4 is 25.0 Å². The van der Waals surface area contributed by atoms with Crippen LogP contribution in [0.5, 0.6) is 11.5 Å². The van der Waals surface area contributed by atoms with E-state index in [1.54, 1.807) is 14.2 Å². The highest BCUT2D eigenvalue weighted by Gasteiger charge is 2.35. The molecular formula is C33H50N4O5. The average Bonchev–Trinajstić information content (AvgIpc) is 3.03. The van der Waals surface area contributed by atoms with E-state index in [4.69, 9.17) is 23.7 Å². The summed E-state index contributed by atoms with van der Waals surface area (Å²) in [6.45, 7) is 13.6. The van der Waals surface area contributed by atoms with Crippen molar-refractivity contribution in [2.75, 3.05) is 97.9 Å². The van der Waals surface area contributed by atoms with Gasteiger partial charge in [0, 0.05) is 58.4 Å². The van der Waals surface area contributed by atoms with Gasteiger partial charge in [0.25, 0.3) is 0 Å². The molecule has 2 saturated heterocycles. The molecule has 0 amide bonds. The molecule has 0 spiro atoms. The number of fused-ring (bicyclic) bond motifs is 1. The smallest absolute Gasteiger partial charge is 0.142 e. The highest BCUT2D eigenvalue weighted by atomic mass is 16.5. The standard InChI is InChI=1S/C33H50N4O5/c1-25-23-40-17-14-36(25)13-11-34-20-28-21-35-22-32(33(28)27-6-8-29(39-3)9-7-27)42-24-26-5-10-31-30(19-26)37(15-18-41-31)12-4-16-38-2/h5-10,19,25,28,32-35H,4,11-18,20-24H2,1-3H3/t25-,28?,32+,33+/m1/s1. The minimum atomic E-state index is 0.0586. The number of ether oxygens (including phenoxy) is 5.